The fourth-order valence-corrected chi connectivity index (χ4v) is 4.40. The van der Waals surface area contributed by atoms with Crippen LogP contribution in [0.15, 0.2) is 29.4 Å². The highest BCUT2D eigenvalue weighted by Crippen LogP contribution is 2.69. The van der Waals surface area contributed by atoms with Gasteiger partial charge >= 0.3 is 0 Å². The number of aryl methyl sites for hydroxylation is 1. The van der Waals surface area contributed by atoms with Crippen LogP contribution in [-0.2, 0) is 9.59 Å². The summed E-state index contributed by atoms with van der Waals surface area (Å²) in [6.07, 6.45) is 1.14. The quantitative estimate of drug-likeness (QED) is 0.500. The van der Waals surface area contributed by atoms with Crippen LogP contribution >= 0.6 is 0 Å². The number of para-hydroxylation sites is 1. The Balaban J connectivity index is 2.06. The van der Waals surface area contributed by atoms with Crippen molar-refractivity contribution in [3.63, 3.8) is 0 Å². The summed E-state index contributed by atoms with van der Waals surface area (Å²) >= 11 is 0. The molecule has 0 aromatic heterocycles. The lowest BCUT2D eigenvalue weighted by Gasteiger charge is -2.37. The maximum absolute atomic E-state index is 13.1. The number of carbonyl (C=O) groups is 2. The molecule has 0 aliphatic heterocycles. The second kappa shape index (κ2) is 4.66. The molecule has 1 aromatic carbocycles. The van der Waals surface area contributed by atoms with E-state index in [0.717, 1.165) is 5.56 Å². The van der Waals surface area contributed by atoms with Crippen molar-refractivity contribution in [3.05, 3.63) is 29.8 Å². The van der Waals surface area contributed by atoms with E-state index in [0.29, 0.717) is 18.5 Å². The highest BCUT2D eigenvalue weighted by molar-refractivity contribution is 6.51. The van der Waals surface area contributed by atoms with E-state index >= 15 is 0 Å². The van der Waals surface area contributed by atoms with Gasteiger partial charge in [0.1, 0.15) is 11.1 Å². The van der Waals surface area contributed by atoms with Gasteiger partial charge in [0.25, 0.3) is 0 Å². The van der Waals surface area contributed by atoms with Crippen molar-refractivity contribution in [3.8, 4) is 0 Å². The van der Waals surface area contributed by atoms with Gasteiger partial charge in [-0.25, -0.2) is 0 Å². The average molecular weight is 314 g/mol. The van der Waals surface area contributed by atoms with E-state index in [4.69, 9.17) is 0 Å². The largest absolute Gasteiger partial charge is 0.411 e. The van der Waals surface area contributed by atoms with E-state index in [9.17, 15) is 14.8 Å². The number of benzene rings is 1. The molecule has 2 saturated carbocycles. The molecule has 2 bridgehead atoms. The number of rotatable bonds is 2. The third-order valence-electron chi connectivity index (χ3n) is 6.45. The maximum Gasteiger partial charge on any atom is 0.239 e. The first-order valence-electron chi connectivity index (χ1n) is 7.87. The Morgan fingerprint density at radius 1 is 1.22 bits per heavy atom. The Hall–Kier alpha value is -2.17. The molecular formula is C18H22N2O3. The van der Waals surface area contributed by atoms with Gasteiger partial charge in [-0.2, -0.15) is 0 Å². The molecule has 0 spiro atoms. The van der Waals surface area contributed by atoms with E-state index < -0.39 is 16.2 Å². The molecule has 2 atom stereocenters. The minimum Gasteiger partial charge on any atom is -0.411 e. The number of oxime groups is 1. The third kappa shape index (κ3) is 1.65. The van der Waals surface area contributed by atoms with Crippen LogP contribution in [0.25, 0.3) is 0 Å². The number of Topliss-reactive ketones (excluding diaryl/α,β-unsaturated/α-hetero) is 1. The fourth-order valence-electron chi connectivity index (χ4n) is 4.40. The zero-order valence-corrected chi connectivity index (χ0v) is 13.9. The standard InChI is InChI=1S/C18H22N2O3/c1-11-7-5-6-8-12(11)19-15(22)18-10-9-17(4,16(18,2)3)13(20-23)14(18)21/h5-8,23H,9-10H2,1-4H3,(H,19,22). The van der Waals surface area contributed by atoms with E-state index in [1.165, 1.54) is 0 Å². The number of amides is 1. The number of nitrogens with one attached hydrogen (secondary N) is 1. The highest BCUT2D eigenvalue weighted by Gasteiger charge is 2.76. The highest BCUT2D eigenvalue weighted by atomic mass is 16.4. The summed E-state index contributed by atoms with van der Waals surface area (Å²) in [4.78, 5) is 26.0. The summed E-state index contributed by atoms with van der Waals surface area (Å²) in [5.74, 6) is -0.644. The number of carbonyl (C=O) groups excluding carboxylic acids is 2. The van der Waals surface area contributed by atoms with Crippen LogP contribution < -0.4 is 5.32 Å². The van der Waals surface area contributed by atoms with Crippen molar-refractivity contribution in [2.24, 2.45) is 21.4 Å². The molecule has 23 heavy (non-hydrogen) atoms. The lowest BCUT2D eigenvalue weighted by atomic mass is 9.64. The zero-order valence-electron chi connectivity index (χ0n) is 13.9. The summed E-state index contributed by atoms with van der Waals surface area (Å²) in [6.45, 7) is 7.67. The van der Waals surface area contributed by atoms with Gasteiger partial charge in [0.2, 0.25) is 5.91 Å². The van der Waals surface area contributed by atoms with Crippen LogP contribution in [0.1, 0.15) is 39.2 Å². The normalized spacial score (nSPS) is 33.2. The van der Waals surface area contributed by atoms with Crippen molar-refractivity contribution in [1.82, 2.24) is 0 Å². The molecule has 1 amide bonds. The van der Waals surface area contributed by atoms with Crippen LogP contribution in [0.2, 0.25) is 0 Å². The smallest absolute Gasteiger partial charge is 0.239 e. The van der Waals surface area contributed by atoms with Gasteiger partial charge in [0.05, 0.1) is 0 Å². The lowest BCUT2D eigenvalue weighted by Crippen LogP contribution is -2.47. The van der Waals surface area contributed by atoms with Gasteiger partial charge in [0, 0.05) is 11.1 Å². The van der Waals surface area contributed by atoms with Gasteiger partial charge < -0.3 is 10.5 Å². The average Bonchev–Trinajstić information content (AvgIpc) is 2.77. The van der Waals surface area contributed by atoms with Crippen molar-refractivity contribution >= 4 is 23.1 Å². The molecule has 0 saturated heterocycles. The monoisotopic (exact) mass is 314 g/mol. The number of hydrogen-bond acceptors (Lipinski definition) is 4. The molecule has 5 nitrogen and oxygen atoms in total. The van der Waals surface area contributed by atoms with E-state index in [1.807, 2.05) is 52.0 Å². The van der Waals surface area contributed by atoms with Gasteiger partial charge in [-0.1, -0.05) is 44.1 Å². The van der Waals surface area contributed by atoms with Crippen LogP contribution in [-0.4, -0.2) is 22.6 Å². The minimum absolute atomic E-state index is 0.133. The Bertz CT molecular complexity index is 738. The summed E-state index contributed by atoms with van der Waals surface area (Å²) in [7, 11) is 0. The molecule has 5 heteroatoms. The van der Waals surface area contributed by atoms with Crippen LogP contribution in [0.4, 0.5) is 5.69 Å². The molecule has 2 fully saturated rings. The fraction of sp³-hybridized carbons (Fsp3) is 0.500. The predicted octanol–water partition coefficient (Wildman–Crippen LogP) is 3.16. The SMILES string of the molecule is Cc1ccccc1NC(=O)C12CCC(C)(C(=NO)C1=O)C2(C)C. The molecule has 2 N–H and O–H groups in total. The molecule has 3 rings (SSSR count). The Morgan fingerprint density at radius 2 is 1.87 bits per heavy atom. The predicted molar refractivity (Wildman–Crippen MR) is 87.6 cm³/mol. The molecule has 2 aliphatic carbocycles. The second-order valence-electron chi connectivity index (χ2n) is 7.41. The number of fused-ring (bicyclic) bond motifs is 2. The van der Waals surface area contributed by atoms with Crippen molar-refractivity contribution in [2.75, 3.05) is 5.32 Å². The zero-order chi connectivity index (χ0) is 17.0. The maximum atomic E-state index is 13.1. The number of hydrogen-bond donors (Lipinski definition) is 2. The number of ketones is 1. The summed E-state index contributed by atoms with van der Waals surface area (Å²) in [5.41, 5.74) is -0.580. The van der Waals surface area contributed by atoms with Gasteiger partial charge in [-0.3, -0.25) is 9.59 Å². The Morgan fingerprint density at radius 3 is 2.43 bits per heavy atom. The van der Waals surface area contributed by atoms with E-state index in [-0.39, 0.29) is 17.4 Å². The molecule has 2 unspecified atom stereocenters. The van der Waals surface area contributed by atoms with E-state index in [1.54, 1.807) is 0 Å². The van der Waals surface area contributed by atoms with Crippen LogP contribution in [0.3, 0.4) is 0 Å². The van der Waals surface area contributed by atoms with Crippen molar-refractivity contribution < 1.29 is 14.8 Å². The number of nitrogens with zero attached hydrogens (tertiary/aromatic N) is 1. The first-order valence-corrected chi connectivity index (χ1v) is 7.87. The van der Waals surface area contributed by atoms with Crippen molar-refractivity contribution in [1.29, 1.82) is 0 Å². The Labute approximate surface area is 135 Å². The van der Waals surface area contributed by atoms with Crippen LogP contribution in [0.5, 0.6) is 0 Å². The van der Waals surface area contributed by atoms with Crippen molar-refractivity contribution in [2.45, 2.75) is 40.5 Å². The molecule has 2 aliphatic rings. The first kappa shape index (κ1) is 15.7. The third-order valence-corrected chi connectivity index (χ3v) is 6.45. The molecule has 0 radical (unpaired) electrons. The van der Waals surface area contributed by atoms with Gasteiger partial charge in [-0.05, 0) is 36.8 Å². The van der Waals surface area contributed by atoms with Gasteiger partial charge in [0.15, 0.2) is 5.78 Å². The summed E-state index contributed by atoms with van der Waals surface area (Å²) in [5, 5.41) is 15.5. The Kier molecular flexibility index (Phi) is 3.19. The van der Waals surface area contributed by atoms with Gasteiger partial charge in [-0.15, -0.1) is 0 Å². The van der Waals surface area contributed by atoms with E-state index in [2.05, 4.69) is 10.5 Å². The number of anilines is 1. The molecule has 1 aromatic rings. The molecule has 0 heterocycles. The first-order chi connectivity index (χ1) is 10.7. The summed E-state index contributed by atoms with van der Waals surface area (Å²) < 4.78 is 0. The summed E-state index contributed by atoms with van der Waals surface area (Å²) in [6, 6.07) is 7.48. The van der Waals surface area contributed by atoms with Crippen LogP contribution in [0, 0.1) is 23.2 Å². The molecular weight excluding hydrogens is 292 g/mol. The lowest BCUT2D eigenvalue weighted by molar-refractivity contribution is -0.140. The second-order valence-corrected chi connectivity index (χ2v) is 7.41. The topological polar surface area (TPSA) is 78.8 Å². The minimum atomic E-state index is -1.18. The molecule has 122 valence electrons.